The van der Waals surface area contributed by atoms with E-state index >= 15 is 0 Å². The van der Waals surface area contributed by atoms with Gasteiger partial charge in [0.05, 0.1) is 6.61 Å². The van der Waals surface area contributed by atoms with Crippen LogP contribution in [0.3, 0.4) is 0 Å². The quantitative estimate of drug-likeness (QED) is 0.321. The molecule has 0 spiro atoms. The summed E-state index contributed by atoms with van der Waals surface area (Å²) in [4.78, 5) is 10.3. The predicted molar refractivity (Wildman–Crippen MR) is 104 cm³/mol. The summed E-state index contributed by atoms with van der Waals surface area (Å²) in [6, 6.07) is 5.44. The van der Waals surface area contributed by atoms with Crippen LogP contribution in [0.1, 0.15) is 0 Å². The van der Waals surface area contributed by atoms with Crippen molar-refractivity contribution in [3.63, 3.8) is 0 Å². The molecule has 0 aromatic heterocycles. The van der Waals surface area contributed by atoms with Crippen LogP contribution < -0.4 is 4.74 Å². The highest BCUT2D eigenvalue weighted by molar-refractivity contribution is 5.67. The molecule has 0 bridgehead atoms. The molecular formula is C21H23FO7. The maximum atomic E-state index is 12.8. The molecule has 8 heteroatoms. The first-order valence-corrected chi connectivity index (χ1v) is 8.61. The van der Waals surface area contributed by atoms with Crippen LogP contribution in [0.5, 0.6) is 5.75 Å². The molecule has 29 heavy (non-hydrogen) atoms. The van der Waals surface area contributed by atoms with E-state index in [4.69, 9.17) is 9.84 Å². The van der Waals surface area contributed by atoms with Gasteiger partial charge in [-0.25, -0.2) is 9.18 Å². The highest BCUT2D eigenvalue weighted by Crippen LogP contribution is 2.11. The van der Waals surface area contributed by atoms with Crippen molar-refractivity contribution >= 4 is 5.97 Å². The normalized spacial score (nSPS) is 14.6. The molecule has 0 heterocycles. The smallest absolute Gasteiger partial charge is 0.329 e. The number of hydrogen-bond acceptors (Lipinski definition) is 6. The fraction of sp³-hybridized carbons (Fsp3) is 0.286. The van der Waals surface area contributed by atoms with Crippen molar-refractivity contribution in [3.05, 3.63) is 66.5 Å². The van der Waals surface area contributed by atoms with Gasteiger partial charge in [0.25, 0.3) is 0 Å². The van der Waals surface area contributed by atoms with Crippen LogP contribution in [-0.2, 0) is 9.53 Å². The molecule has 1 aromatic carbocycles. The zero-order chi connectivity index (χ0) is 21.5. The number of aliphatic hydroxyl groups is 3. The van der Waals surface area contributed by atoms with Crippen molar-refractivity contribution in [1.29, 1.82) is 0 Å². The van der Waals surface area contributed by atoms with Gasteiger partial charge >= 0.3 is 5.97 Å². The number of carbonyl (C=O) groups is 1. The lowest BCUT2D eigenvalue weighted by Gasteiger charge is -2.13. The van der Waals surface area contributed by atoms with Crippen molar-refractivity contribution < 1.29 is 39.1 Å². The molecule has 1 unspecified atom stereocenters. The van der Waals surface area contributed by atoms with Gasteiger partial charge in [0.2, 0.25) is 0 Å². The molecule has 0 amide bonds. The second kappa shape index (κ2) is 14.1. The first-order chi connectivity index (χ1) is 13.9. The monoisotopic (exact) mass is 406 g/mol. The second-order valence-electron chi connectivity index (χ2n) is 5.69. The number of aliphatic hydroxyl groups excluding tert-OH is 3. The third kappa shape index (κ3) is 12.2. The first-order valence-electron chi connectivity index (χ1n) is 8.61. The van der Waals surface area contributed by atoms with Gasteiger partial charge in [-0.3, -0.25) is 0 Å². The lowest BCUT2D eigenvalue weighted by atomic mass is 10.2. The summed E-state index contributed by atoms with van der Waals surface area (Å²) in [6.45, 7) is -0.859. The van der Waals surface area contributed by atoms with Crippen LogP contribution in [0.2, 0.25) is 0 Å². The topological polar surface area (TPSA) is 116 Å². The van der Waals surface area contributed by atoms with E-state index in [0.717, 1.165) is 0 Å². The van der Waals surface area contributed by atoms with Crippen LogP contribution in [-0.4, -0.2) is 64.5 Å². The van der Waals surface area contributed by atoms with Gasteiger partial charge in [-0.15, -0.1) is 0 Å². The molecule has 0 aliphatic rings. The Hall–Kier alpha value is -2.96. The van der Waals surface area contributed by atoms with Crippen molar-refractivity contribution in [2.75, 3.05) is 19.8 Å². The zero-order valence-electron chi connectivity index (χ0n) is 15.5. The molecule has 0 saturated carbocycles. The first kappa shape index (κ1) is 24.1. The van der Waals surface area contributed by atoms with Crippen molar-refractivity contribution in [2.45, 2.75) is 18.3 Å². The van der Waals surface area contributed by atoms with Crippen LogP contribution in [0.25, 0.3) is 0 Å². The molecule has 4 N–H and O–H groups in total. The Morgan fingerprint density at radius 2 is 1.72 bits per heavy atom. The standard InChI is InChI=1S/C21H23FO7/c22-16-9-11-18(12-10-16)29-13-17(23)7-5-3-1-2-4-6-8-19(24)20(25)14-28-15-21(26)27/h2,4-12,17,19-20,23-25H,13-15H2,(H,26,27)/b4-2+,7-5+,8-6+/t17?,19-,20+/m1/s1. The number of hydrogen-bond donors (Lipinski definition) is 4. The highest BCUT2D eigenvalue weighted by atomic mass is 19.1. The molecule has 0 saturated heterocycles. The molecule has 1 aromatic rings. The SMILES string of the molecule is O=C(O)COC[C@H](O)[C@H](O)/C=C/C=C/C#C/C=C/C(O)COc1ccc(F)cc1. The minimum atomic E-state index is -1.24. The Bertz CT molecular complexity index is 759. The lowest BCUT2D eigenvalue weighted by molar-refractivity contribution is -0.143. The van der Waals surface area contributed by atoms with Crippen molar-refractivity contribution in [2.24, 2.45) is 0 Å². The van der Waals surface area contributed by atoms with Gasteiger partial charge < -0.3 is 29.9 Å². The van der Waals surface area contributed by atoms with E-state index in [1.165, 1.54) is 60.7 Å². The van der Waals surface area contributed by atoms with Crippen LogP contribution in [0.4, 0.5) is 4.39 Å². The molecular weight excluding hydrogens is 383 g/mol. The third-order valence-corrected chi connectivity index (χ3v) is 3.23. The number of benzene rings is 1. The summed E-state index contributed by atoms with van der Waals surface area (Å²) in [5, 5.41) is 37.3. The molecule has 0 aliphatic heterocycles. The summed E-state index contributed by atoms with van der Waals surface area (Å²) in [7, 11) is 0. The number of rotatable bonds is 11. The summed E-state index contributed by atoms with van der Waals surface area (Å²) >= 11 is 0. The minimum absolute atomic E-state index is 0.00121. The van der Waals surface area contributed by atoms with E-state index in [9.17, 15) is 24.5 Å². The lowest BCUT2D eigenvalue weighted by Crippen LogP contribution is -2.29. The van der Waals surface area contributed by atoms with Gasteiger partial charge in [-0.1, -0.05) is 30.1 Å². The predicted octanol–water partition coefficient (Wildman–Crippen LogP) is 1.06. The molecule has 0 aliphatic carbocycles. The Labute approximate surface area is 168 Å². The Balaban J connectivity index is 2.27. The van der Waals surface area contributed by atoms with Gasteiger partial charge in [0.15, 0.2) is 0 Å². The Morgan fingerprint density at radius 1 is 1.03 bits per heavy atom. The molecule has 0 fully saturated rings. The average molecular weight is 406 g/mol. The molecule has 3 atom stereocenters. The van der Waals surface area contributed by atoms with Gasteiger partial charge in [-0.2, -0.15) is 0 Å². The summed E-state index contributed by atoms with van der Waals surface area (Å²) < 4.78 is 22.7. The van der Waals surface area contributed by atoms with Crippen molar-refractivity contribution in [3.8, 4) is 17.6 Å². The largest absolute Gasteiger partial charge is 0.491 e. The fourth-order valence-corrected chi connectivity index (χ4v) is 1.80. The van der Waals surface area contributed by atoms with Crippen LogP contribution in [0.15, 0.2) is 60.7 Å². The summed E-state index contributed by atoms with van der Waals surface area (Å²) in [6.07, 6.45) is 5.35. The fourth-order valence-electron chi connectivity index (χ4n) is 1.80. The van der Waals surface area contributed by atoms with E-state index in [-0.39, 0.29) is 19.0 Å². The van der Waals surface area contributed by atoms with E-state index in [1.54, 1.807) is 0 Å². The second-order valence-corrected chi connectivity index (χ2v) is 5.69. The summed E-state index contributed by atoms with van der Waals surface area (Å²) in [5.74, 6) is 4.26. The third-order valence-electron chi connectivity index (χ3n) is 3.23. The van der Waals surface area contributed by atoms with E-state index in [1.807, 2.05) is 0 Å². The number of ether oxygens (including phenoxy) is 2. The molecule has 156 valence electrons. The minimum Gasteiger partial charge on any atom is -0.491 e. The number of allylic oxidation sites excluding steroid dienone is 4. The van der Waals surface area contributed by atoms with Crippen molar-refractivity contribution in [1.82, 2.24) is 0 Å². The van der Waals surface area contributed by atoms with Gasteiger partial charge in [0, 0.05) is 0 Å². The number of aliphatic carboxylic acids is 1. The van der Waals surface area contributed by atoms with Gasteiger partial charge in [-0.05, 0) is 42.5 Å². The molecule has 1 rings (SSSR count). The average Bonchev–Trinajstić information content (AvgIpc) is 2.69. The van der Waals surface area contributed by atoms with E-state index < -0.39 is 30.9 Å². The highest BCUT2D eigenvalue weighted by Gasteiger charge is 2.13. The number of halogens is 1. The molecule has 0 radical (unpaired) electrons. The zero-order valence-corrected chi connectivity index (χ0v) is 15.5. The van der Waals surface area contributed by atoms with E-state index in [2.05, 4.69) is 16.6 Å². The van der Waals surface area contributed by atoms with Crippen LogP contribution in [0, 0.1) is 17.7 Å². The number of carboxylic acids is 1. The number of carboxylic acid groups (broad SMARTS) is 1. The van der Waals surface area contributed by atoms with Crippen LogP contribution >= 0.6 is 0 Å². The maximum Gasteiger partial charge on any atom is 0.329 e. The van der Waals surface area contributed by atoms with E-state index in [0.29, 0.717) is 5.75 Å². The Kier molecular flexibility index (Phi) is 11.7. The maximum absolute atomic E-state index is 12.8. The molecule has 7 nitrogen and oxygen atoms in total. The Morgan fingerprint density at radius 3 is 2.41 bits per heavy atom. The summed E-state index contributed by atoms with van der Waals surface area (Å²) in [5.41, 5.74) is 0. The van der Waals surface area contributed by atoms with Gasteiger partial charge in [0.1, 0.15) is 43.1 Å².